The monoisotopic (exact) mass is 318 g/mol. The number of nitrogens with one attached hydrogen (secondary N) is 1. The van der Waals surface area contributed by atoms with E-state index in [9.17, 15) is 4.79 Å². The zero-order chi connectivity index (χ0) is 16.9. The Morgan fingerprint density at radius 1 is 0.958 bits per heavy atom. The summed E-state index contributed by atoms with van der Waals surface area (Å²) in [5.74, 6) is 1.16. The van der Waals surface area contributed by atoms with E-state index in [1.54, 1.807) is 24.4 Å². The van der Waals surface area contributed by atoms with Crippen LogP contribution in [0.15, 0.2) is 66.9 Å². The number of carbonyl (C=O) groups is 1. The molecule has 1 heterocycles. The fourth-order valence-corrected chi connectivity index (χ4v) is 2.19. The number of amides is 1. The van der Waals surface area contributed by atoms with Gasteiger partial charge in [-0.2, -0.15) is 0 Å². The molecule has 0 unspecified atom stereocenters. The van der Waals surface area contributed by atoms with Crippen LogP contribution in [0.1, 0.15) is 21.6 Å². The van der Waals surface area contributed by atoms with Gasteiger partial charge in [0, 0.05) is 11.3 Å². The van der Waals surface area contributed by atoms with E-state index in [0.29, 0.717) is 17.0 Å². The Labute approximate surface area is 141 Å². The highest BCUT2D eigenvalue weighted by molar-refractivity contribution is 6.04. The Bertz CT molecular complexity index is 840. The molecular weight excluding hydrogens is 300 g/mol. The molecule has 24 heavy (non-hydrogen) atoms. The molecule has 120 valence electrons. The van der Waals surface area contributed by atoms with Crippen LogP contribution in [0, 0.1) is 13.8 Å². The van der Waals surface area contributed by atoms with Crippen molar-refractivity contribution < 1.29 is 9.53 Å². The first-order valence-corrected chi connectivity index (χ1v) is 7.69. The fraction of sp³-hybridized carbons (Fsp3) is 0.100. The predicted octanol–water partition coefficient (Wildman–Crippen LogP) is 4.74. The number of anilines is 1. The number of aromatic nitrogens is 1. The van der Waals surface area contributed by atoms with Crippen LogP contribution in [-0.2, 0) is 0 Å². The van der Waals surface area contributed by atoms with E-state index < -0.39 is 0 Å². The number of carbonyl (C=O) groups excluding carboxylic acids is 1. The minimum Gasteiger partial charge on any atom is -0.457 e. The quantitative estimate of drug-likeness (QED) is 0.755. The number of rotatable bonds is 4. The Kier molecular flexibility index (Phi) is 4.57. The lowest BCUT2D eigenvalue weighted by atomic mass is 10.2. The molecule has 0 saturated heterocycles. The van der Waals surface area contributed by atoms with Gasteiger partial charge in [-0.05, 0) is 56.3 Å². The third-order valence-corrected chi connectivity index (χ3v) is 3.52. The van der Waals surface area contributed by atoms with Crippen molar-refractivity contribution in [3.05, 3.63) is 83.7 Å². The number of benzene rings is 2. The van der Waals surface area contributed by atoms with Crippen molar-refractivity contribution in [2.75, 3.05) is 5.32 Å². The minimum atomic E-state index is -0.199. The average Bonchev–Trinajstić information content (AvgIpc) is 2.59. The highest BCUT2D eigenvalue weighted by atomic mass is 16.5. The van der Waals surface area contributed by atoms with E-state index in [-0.39, 0.29) is 5.91 Å². The van der Waals surface area contributed by atoms with Gasteiger partial charge in [0.1, 0.15) is 11.5 Å². The number of nitrogens with zero attached hydrogens (tertiary/aromatic N) is 1. The van der Waals surface area contributed by atoms with Gasteiger partial charge >= 0.3 is 0 Å². The van der Waals surface area contributed by atoms with Gasteiger partial charge in [0.25, 0.3) is 5.91 Å². The molecule has 2 aromatic carbocycles. The van der Waals surface area contributed by atoms with Gasteiger partial charge in [0.2, 0.25) is 0 Å². The number of aryl methyl sites for hydroxylation is 2. The summed E-state index contributed by atoms with van der Waals surface area (Å²) >= 11 is 0. The molecule has 0 bridgehead atoms. The van der Waals surface area contributed by atoms with Crippen LogP contribution >= 0.6 is 0 Å². The summed E-state index contributed by atoms with van der Waals surface area (Å²) in [6.45, 7) is 3.92. The lowest BCUT2D eigenvalue weighted by Gasteiger charge is -2.09. The average molecular weight is 318 g/mol. The van der Waals surface area contributed by atoms with Crippen LogP contribution < -0.4 is 10.1 Å². The first-order valence-electron chi connectivity index (χ1n) is 7.69. The lowest BCUT2D eigenvalue weighted by Crippen LogP contribution is -2.12. The Hall–Kier alpha value is -3.14. The van der Waals surface area contributed by atoms with Crippen LogP contribution in [0.5, 0.6) is 11.5 Å². The summed E-state index contributed by atoms with van der Waals surface area (Å²) in [4.78, 5) is 16.5. The summed E-state index contributed by atoms with van der Waals surface area (Å²) < 4.78 is 5.80. The first kappa shape index (κ1) is 15.7. The molecule has 4 heteroatoms. The molecule has 0 saturated carbocycles. The Morgan fingerprint density at radius 2 is 1.75 bits per heavy atom. The molecule has 1 amide bonds. The lowest BCUT2D eigenvalue weighted by molar-refractivity contribution is 0.102. The van der Waals surface area contributed by atoms with Crippen molar-refractivity contribution in [2.24, 2.45) is 0 Å². The fourth-order valence-electron chi connectivity index (χ4n) is 2.19. The molecule has 1 N–H and O–H groups in total. The maximum atomic E-state index is 12.4. The largest absolute Gasteiger partial charge is 0.457 e. The topological polar surface area (TPSA) is 51.2 Å². The maximum Gasteiger partial charge on any atom is 0.255 e. The minimum absolute atomic E-state index is 0.199. The Morgan fingerprint density at radius 3 is 2.46 bits per heavy atom. The van der Waals surface area contributed by atoms with Gasteiger partial charge in [-0.15, -0.1) is 0 Å². The number of pyridine rings is 1. The number of hydrogen-bond donors (Lipinski definition) is 1. The molecule has 3 rings (SSSR count). The van der Waals surface area contributed by atoms with Crippen LogP contribution in [0.2, 0.25) is 0 Å². The normalized spacial score (nSPS) is 10.2. The number of hydrogen-bond acceptors (Lipinski definition) is 3. The second-order valence-corrected chi connectivity index (χ2v) is 5.59. The van der Waals surface area contributed by atoms with Crippen molar-refractivity contribution in [3.63, 3.8) is 0 Å². The standard InChI is InChI=1S/C20H18N2O2/c1-14-6-10-18(11-7-14)24-19-5-3-4-16(12-19)20(23)22-17-9-8-15(2)21-13-17/h3-13H,1-2H3,(H,22,23). The van der Waals surface area contributed by atoms with E-state index in [1.165, 1.54) is 5.56 Å². The van der Waals surface area contributed by atoms with Crippen molar-refractivity contribution in [1.29, 1.82) is 0 Å². The van der Waals surface area contributed by atoms with E-state index in [4.69, 9.17) is 4.74 Å². The van der Waals surface area contributed by atoms with Crippen molar-refractivity contribution >= 4 is 11.6 Å². The highest BCUT2D eigenvalue weighted by Gasteiger charge is 2.08. The van der Waals surface area contributed by atoms with Crippen molar-refractivity contribution in [1.82, 2.24) is 4.98 Å². The van der Waals surface area contributed by atoms with Crippen molar-refractivity contribution in [2.45, 2.75) is 13.8 Å². The molecule has 1 aromatic heterocycles. The van der Waals surface area contributed by atoms with E-state index >= 15 is 0 Å². The summed E-state index contributed by atoms with van der Waals surface area (Å²) in [5.41, 5.74) is 3.26. The molecule has 0 aliphatic heterocycles. The second kappa shape index (κ2) is 6.96. The maximum absolute atomic E-state index is 12.4. The number of ether oxygens (including phenoxy) is 1. The van der Waals surface area contributed by atoms with E-state index in [0.717, 1.165) is 11.4 Å². The summed E-state index contributed by atoms with van der Waals surface area (Å²) in [5, 5.41) is 2.83. The van der Waals surface area contributed by atoms with Gasteiger partial charge in [-0.1, -0.05) is 23.8 Å². The predicted molar refractivity (Wildman–Crippen MR) is 94.6 cm³/mol. The van der Waals surface area contributed by atoms with Gasteiger partial charge in [0.15, 0.2) is 0 Å². The first-order chi connectivity index (χ1) is 11.6. The smallest absolute Gasteiger partial charge is 0.255 e. The van der Waals surface area contributed by atoms with Crippen molar-refractivity contribution in [3.8, 4) is 11.5 Å². The Balaban J connectivity index is 1.73. The molecule has 0 aliphatic rings. The van der Waals surface area contributed by atoms with E-state index in [1.807, 2.05) is 56.3 Å². The third kappa shape index (κ3) is 3.98. The highest BCUT2D eigenvalue weighted by Crippen LogP contribution is 2.23. The van der Waals surface area contributed by atoms with Crippen LogP contribution in [-0.4, -0.2) is 10.9 Å². The van der Waals surface area contributed by atoms with Crippen LogP contribution in [0.4, 0.5) is 5.69 Å². The molecule has 0 atom stereocenters. The summed E-state index contributed by atoms with van der Waals surface area (Å²) in [7, 11) is 0. The van der Waals surface area contributed by atoms with Gasteiger partial charge in [0.05, 0.1) is 11.9 Å². The molecule has 0 aliphatic carbocycles. The molecular formula is C20H18N2O2. The molecule has 0 radical (unpaired) electrons. The molecule has 4 nitrogen and oxygen atoms in total. The summed E-state index contributed by atoms with van der Waals surface area (Å²) in [6, 6.07) is 18.5. The third-order valence-electron chi connectivity index (χ3n) is 3.52. The van der Waals surface area contributed by atoms with Crippen LogP contribution in [0.3, 0.4) is 0 Å². The molecule has 0 fully saturated rings. The molecule has 3 aromatic rings. The zero-order valence-corrected chi connectivity index (χ0v) is 13.6. The molecule has 0 spiro atoms. The van der Waals surface area contributed by atoms with Crippen LogP contribution in [0.25, 0.3) is 0 Å². The van der Waals surface area contributed by atoms with Gasteiger partial charge in [-0.25, -0.2) is 0 Å². The summed E-state index contributed by atoms with van der Waals surface area (Å²) in [6.07, 6.45) is 1.64. The SMILES string of the molecule is Cc1ccc(Oc2cccc(C(=O)Nc3ccc(C)nc3)c2)cc1. The zero-order valence-electron chi connectivity index (χ0n) is 13.6. The second-order valence-electron chi connectivity index (χ2n) is 5.59. The van der Waals surface area contributed by atoms with Gasteiger partial charge < -0.3 is 10.1 Å². The van der Waals surface area contributed by atoms with Gasteiger partial charge in [-0.3, -0.25) is 9.78 Å². The van der Waals surface area contributed by atoms with E-state index in [2.05, 4.69) is 10.3 Å².